The second-order valence-electron chi connectivity index (χ2n) is 4.22. The summed E-state index contributed by atoms with van der Waals surface area (Å²) in [5.41, 5.74) is -1.40. The molecule has 9 heteroatoms. The van der Waals surface area contributed by atoms with E-state index >= 15 is 0 Å². The molecule has 0 radical (unpaired) electrons. The second-order valence-corrected chi connectivity index (χ2v) is 4.22. The van der Waals surface area contributed by atoms with Gasteiger partial charge in [-0.05, 0) is 0 Å². The molecule has 1 aromatic heterocycles. The van der Waals surface area contributed by atoms with Crippen molar-refractivity contribution in [1.29, 1.82) is 0 Å². The van der Waals surface area contributed by atoms with Crippen molar-refractivity contribution in [2.45, 2.75) is 24.5 Å². The Balaban J connectivity index is 2.33. The summed E-state index contributed by atoms with van der Waals surface area (Å²) < 4.78 is 10.7. The van der Waals surface area contributed by atoms with Gasteiger partial charge < -0.3 is 24.8 Å². The highest BCUT2D eigenvalue weighted by atomic mass is 16.6. The van der Waals surface area contributed by atoms with Crippen LogP contribution in [-0.2, 0) is 9.47 Å². The molecule has 1 aromatic rings. The predicted octanol–water partition coefficient (Wildman–Crippen LogP) is -1.80. The number of aliphatic hydroxyl groups excluding tert-OH is 3. The molecule has 0 amide bonds. The Hall–Kier alpha value is -2.10. The zero-order valence-electron chi connectivity index (χ0n) is 10.5. The average molecular weight is 286 g/mol. The molecule has 20 heavy (non-hydrogen) atoms. The lowest BCUT2D eigenvalue weighted by atomic mass is 10.1. The maximum absolute atomic E-state index is 11.6. The molecule has 1 aliphatic rings. The van der Waals surface area contributed by atoms with Crippen LogP contribution in [0, 0.1) is 0 Å². The molecule has 1 fully saturated rings. The normalized spacial score (nSPS) is 30.4. The van der Waals surface area contributed by atoms with Crippen molar-refractivity contribution in [2.75, 3.05) is 7.11 Å². The van der Waals surface area contributed by atoms with Crippen molar-refractivity contribution in [2.24, 2.45) is 0 Å². The quantitative estimate of drug-likeness (QED) is 0.482. The number of hydrogen-bond donors (Lipinski definition) is 4. The van der Waals surface area contributed by atoms with Gasteiger partial charge >= 0.3 is 5.69 Å². The molecule has 0 saturated carbocycles. The highest BCUT2D eigenvalue weighted by Crippen LogP contribution is 2.31. The van der Waals surface area contributed by atoms with Crippen LogP contribution in [0.25, 0.3) is 0 Å². The third-order valence-corrected chi connectivity index (χ3v) is 2.89. The first-order chi connectivity index (χ1) is 9.45. The molecular formula is C11H14N2O7. The van der Waals surface area contributed by atoms with Crippen LogP contribution in [0.3, 0.4) is 0 Å². The fourth-order valence-electron chi connectivity index (χ4n) is 1.95. The third-order valence-electron chi connectivity index (χ3n) is 2.89. The number of H-pyrrole nitrogens is 1. The van der Waals surface area contributed by atoms with Gasteiger partial charge in [-0.15, -0.1) is 0 Å². The van der Waals surface area contributed by atoms with Crippen molar-refractivity contribution in [1.82, 2.24) is 9.55 Å². The largest absolute Gasteiger partial charge is 0.506 e. The molecule has 1 aliphatic heterocycles. The van der Waals surface area contributed by atoms with E-state index in [1.807, 2.05) is 4.98 Å². The molecule has 4 atom stereocenters. The number of ether oxygens (including phenoxy) is 2. The smallest absolute Gasteiger partial charge is 0.330 e. The van der Waals surface area contributed by atoms with Crippen molar-refractivity contribution < 1.29 is 24.8 Å². The first kappa shape index (κ1) is 14.3. The minimum absolute atomic E-state index is 0.431. The van der Waals surface area contributed by atoms with Crippen LogP contribution in [0.4, 0.5) is 0 Å². The summed E-state index contributed by atoms with van der Waals surface area (Å²) >= 11 is 0. The minimum atomic E-state index is -1.46. The van der Waals surface area contributed by atoms with Gasteiger partial charge in [-0.25, -0.2) is 4.79 Å². The molecule has 2 rings (SSSR count). The lowest BCUT2D eigenvalue weighted by Crippen LogP contribution is -2.37. The van der Waals surface area contributed by atoms with Gasteiger partial charge in [0.1, 0.15) is 24.6 Å². The van der Waals surface area contributed by atoms with Crippen molar-refractivity contribution in [3.8, 4) is 0 Å². The number of nitrogens with zero attached hydrogens (tertiary/aromatic N) is 1. The number of rotatable bonds is 3. The van der Waals surface area contributed by atoms with Gasteiger partial charge in [0.2, 0.25) is 0 Å². The summed E-state index contributed by atoms with van der Waals surface area (Å²) in [4.78, 5) is 24.6. The summed E-state index contributed by atoms with van der Waals surface area (Å²) in [5, 5.41) is 29.3. The van der Waals surface area contributed by atoms with E-state index in [9.17, 15) is 24.9 Å². The van der Waals surface area contributed by atoms with Crippen molar-refractivity contribution in [3.63, 3.8) is 0 Å². The maximum Gasteiger partial charge on any atom is 0.330 e. The lowest BCUT2D eigenvalue weighted by Gasteiger charge is -2.16. The van der Waals surface area contributed by atoms with E-state index in [0.717, 1.165) is 23.1 Å². The summed E-state index contributed by atoms with van der Waals surface area (Å²) in [5.74, 6) is -0.431. The van der Waals surface area contributed by atoms with E-state index in [2.05, 4.69) is 4.74 Å². The van der Waals surface area contributed by atoms with Crippen molar-refractivity contribution in [3.05, 3.63) is 45.1 Å². The van der Waals surface area contributed by atoms with E-state index in [1.54, 1.807) is 0 Å². The Morgan fingerprint density at radius 3 is 2.75 bits per heavy atom. The standard InChI is InChI=1S/C11H14N2O7/c1-19-4-5(14)9-7(16)8(17)10(20-9)13-3-2-6(15)12-11(13)18/h2-4,7-10,14,16-17H,1H3,(H,12,15,18)/t7-,8+,9+,10+/m0/s1. The highest BCUT2D eigenvalue weighted by Gasteiger charge is 2.46. The highest BCUT2D eigenvalue weighted by molar-refractivity contribution is 5.05. The topological polar surface area (TPSA) is 134 Å². The molecule has 0 aliphatic carbocycles. The number of hydrogen-bond acceptors (Lipinski definition) is 7. The van der Waals surface area contributed by atoms with Crippen LogP contribution in [0.15, 0.2) is 33.9 Å². The number of methoxy groups -OCH3 is 1. The fraction of sp³-hybridized carbons (Fsp3) is 0.455. The van der Waals surface area contributed by atoms with Gasteiger partial charge in [0.15, 0.2) is 12.0 Å². The third kappa shape index (κ3) is 2.46. The maximum atomic E-state index is 11.6. The summed E-state index contributed by atoms with van der Waals surface area (Å²) in [7, 11) is 1.29. The van der Waals surface area contributed by atoms with E-state index in [1.165, 1.54) is 7.11 Å². The van der Waals surface area contributed by atoms with E-state index in [4.69, 9.17) is 4.74 Å². The summed E-state index contributed by atoms with van der Waals surface area (Å²) in [6.07, 6.45) is -3.33. The molecule has 110 valence electrons. The Morgan fingerprint density at radius 1 is 1.45 bits per heavy atom. The van der Waals surface area contributed by atoms with Gasteiger partial charge in [-0.2, -0.15) is 0 Å². The molecule has 0 aromatic carbocycles. The molecule has 0 bridgehead atoms. The van der Waals surface area contributed by atoms with Crippen LogP contribution in [0.1, 0.15) is 6.23 Å². The Morgan fingerprint density at radius 2 is 2.15 bits per heavy atom. The van der Waals surface area contributed by atoms with Crippen LogP contribution in [0.5, 0.6) is 0 Å². The molecule has 1 saturated heterocycles. The lowest BCUT2D eigenvalue weighted by molar-refractivity contribution is -0.0400. The summed E-state index contributed by atoms with van der Waals surface area (Å²) in [6.45, 7) is 0. The van der Waals surface area contributed by atoms with Crippen LogP contribution < -0.4 is 11.2 Å². The Kier molecular flexibility index (Phi) is 3.93. The molecule has 0 spiro atoms. The first-order valence-electron chi connectivity index (χ1n) is 5.70. The van der Waals surface area contributed by atoms with Gasteiger partial charge in [-0.3, -0.25) is 14.3 Å². The predicted molar refractivity (Wildman–Crippen MR) is 65.0 cm³/mol. The number of aromatic nitrogens is 2. The zero-order valence-corrected chi connectivity index (χ0v) is 10.5. The van der Waals surface area contributed by atoms with Gasteiger partial charge in [-0.1, -0.05) is 0 Å². The zero-order chi connectivity index (χ0) is 14.9. The monoisotopic (exact) mass is 286 g/mol. The average Bonchev–Trinajstić information content (AvgIpc) is 2.67. The molecule has 0 unspecified atom stereocenters. The van der Waals surface area contributed by atoms with E-state index in [0.29, 0.717) is 0 Å². The molecular weight excluding hydrogens is 272 g/mol. The summed E-state index contributed by atoms with van der Waals surface area (Å²) in [6, 6.07) is 1.07. The Labute approximate surface area is 112 Å². The Bertz CT molecular complexity index is 620. The first-order valence-corrected chi connectivity index (χ1v) is 5.70. The van der Waals surface area contributed by atoms with Gasteiger partial charge in [0.25, 0.3) is 5.56 Å². The minimum Gasteiger partial charge on any atom is -0.506 e. The van der Waals surface area contributed by atoms with Gasteiger partial charge in [0, 0.05) is 12.3 Å². The molecule has 4 N–H and O–H groups in total. The molecule has 9 nitrogen and oxygen atoms in total. The number of aliphatic hydroxyl groups is 3. The molecule has 2 heterocycles. The number of aromatic amines is 1. The second kappa shape index (κ2) is 5.49. The van der Waals surface area contributed by atoms with Crippen LogP contribution in [-0.4, -0.2) is 50.3 Å². The van der Waals surface area contributed by atoms with E-state index in [-0.39, 0.29) is 0 Å². The fourth-order valence-corrected chi connectivity index (χ4v) is 1.95. The van der Waals surface area contributed by atoms with Crippen LogP contribution in [0.2, 0.25) is 0 Å². The number of nitrogens with one attached hydrogen (secondary N) is 1. The SMILES string of the molecule is COC=C(O)[C@H]1O[C@@H](n2ccc(=O)[nH]c2=O)[C@H](O)[C@@H]1O. The van der Waals surface area contributed by atoms with Crippen LogP contribution >= 0.6 is 0 Å². The van der Waals surface area contributed by atoms with Crippen molar-refractivity contribution >= 4 is 0 Å². The van der Waals surface area contributed by atoms with Gasteiger partial charge in [0.05, 0.1) is 7.11 Å². The van der Waals surface area contributed by atoms with E-state index < -0.39 is 41.5 Å².